The number of Topliss-reactive ketones (excluding diaryl/α,β-unsaturated/α-hetero) is 1. The highest BCUT2D eigenvalue weighted by atomic mass is 16.5. The lowest BCUT2D eigenvalue weighted by Crippen LogP contribution is -2.56. The standard InChI is InChI=1S/C15H22BN3O4/c1-10(20)7-12-4-5-14(16(22)23-12)19-15(21)13(17)8-11-3-2-6-18-9-11/h2-3,6,9,12-14,22H,4-5,7-8,17H2,1H3,(H,19,21)/t12-,13?,14-/m0/s1. The molecular weight excluding hydrogens is 297 g/mol. The van der Waals surface area contributed by atoms with Gasteiger partial charge in [0.25, 0.3) is 0 Å². The van der Waals surface area contributed by atoms with Gasteiger partial charge in [-0.3, -0.25) is 14.6 Å². The first-order valence-corrected chi connectivity index (χ1v) is 7.73. The van der Waals surface area contributed by atoms with Gasteiger partial charge in [-0.2, -0.15) is 0 Å². The van der Waals surface area contributed by atoms with Crippen molar-refractivity contribution < 1.29 is 19.3 Å². The molecule has 124 valence electrons. The summed E-state index contributed by atoms with van der Waals surface area (Å²) >= 11 is 0. The molecule has 23 heavy (non-hydrogen) atoms. The molecule has 0 aliphatic carbocycles. The number of nitrogens with one attached hydrogen (secondary N) is 1. The number of nitrogens with zero attached hydrogens (tertiary/aromatic N) is 1. The highest BCUT2D eigenvalue weighted by Crippen LogP contribution is 2.19. The molecule has 0 bridgehead atoms. The second-order valence-corrected chi connectivity index (χ2v) is 5.92. The van der Waals surface area contributed by atoms with Crippen molar-refractivity contribution in [3.05, 3.63) is 30.1 Å². The molecule has 0 radical (unpaired) electrons. The zero-order valence-corrected chi connectivity index (χ0v) is 13.1. The van der Waals surface area contributed by atoms with Gasteiger partial charge in [0, 0.05) is 24.9 Å². The van der Waals surface area contributed by atoms with Gasteiger partial charge in [-0.05, 0) is 37.8 Å². The topological polar surface area (TPSA) is 115 Å². The SMILES string of the molecule is CC(=O)C[C@@H]1CC[C@H](NC(=O)C(N)Cc2cccnc2)B(O)O1. The fourth-order valence-corrected chi connectivity index (χ4v) is 2.64. The van der Waals surface area contributed by atoms with Crippen LogP contribution in [0.15, 0.2) is 24.5 Å². The van der Waals surface area contributed by atoms with Gasteiger partial charge in [-0.25, -0.2) is 0 Å². The summed E-state index contributed by atoms with van der Waals surface area (Å²) < 4.78 is 5.38. The van der Waals surface area contributed by atoms with E-state index in [1.165, 1.54) is 6.92 Å². The number of hydrogen-bond acceptors (Lipinski definition) is 6. The number of carbonyl (C=O) groups excluding carboxylic acids is 2. The summed E-state index contributed by atoms with van der Waals surface area (Å²) in [5, 5.41) is 12.7. The number of nitrogens with two attached hydrogens (primary N) is 1. The summed E-state index contributed by atoms with van der Waals surface area (Å²) in [6.45, 7) is 1.49. The first kappa shape index (κ1) is 17.6. The zero-order chi connectivity index (χ0) is 16.8. The molecule has 1 fully saturated rings. The summed E-state index contributed by atoms with van der Waals surface area (Å²) in [6, 6.07) is 2.92. The molecule has 4 N–H and O–H groups in total. The van der Waals surface area contributed by atoms with Crippen molar-refractivity contribution in [2.45, 2.75) is 50.7 Å². The van der Waals surface area contributed by atoms with Gasteiger partial charge in [0.1, 0.15) is 5.78 Å². The summed E-state index contributed by atoms with van der Waals surface area (Å²) in [5.41, 5.74) is 6.77. The van der Waals surface area contributed by atoms with Crippen LogP contribution in [0.4, 0.5) is 0 Å². The highest BCUT2D eigenvalue weighted by molar-refractivity contribution is 6.45. The number of amides is 1. The van der Waals surface area contributed by atoms with E-state index in [4.69, 9.17) is 10.4 Å². The van der Waals surface area contributed by atoms with E-state index in [-0.39, 0.29) is 24.2 Å². The molecule has 8 heteroatoms. The fourth-order valence-electron chi connectivity index (χ4n) is 2.64. The third-order valence-electron chi connectivity index (χ3n) is 3.83. The van der Waals surface area contributed by atoms with Gasteiger partial charge in [0.2, 0.25) is 5.91 Å². The molecule has 1 amide bonds. The minimum Gasteiger partial charge on any atom is -0.426 e. The maximum atomic E-state index is 12.1. The van der Waals surface area contributed by atoms with Crippen LogP contribution in [0.2, 0.25) is 0 Å². The maximum Gasteiger partial charge on any atom is 0.478 e. The van der Waals surface area contributed by atoms with E-state index in [0.717, 1.165) is 5.56 Å². The Kier molecular flexibility index (Phi) is 6.26. The molecule has 2 heterocycles. The molecule has 1 aromatic heterocycles. The Labute approximate surface area is 135 Å². The average Bonchev–Trinajstić information content (AvgIpc) is 2.50. The molecule has 1 unspecified atom stereocenters. The second-order valence-electron chi connectivity index (χ2n) is 5.92. The van der Waals surface area contributed by atoms with Crippen LogP contribution in [-0.4, -0.2) is 46.9 Å². The van der Waals surface area contributed by atoms with E-state index in [1.54, 1.807) is 18.5 Å². The lowest BCUT2D eigenvalue weighted by atomic mass is 9.72. The number of pyridine rings is 1. The summed E-state index contributed by atoms with van der Waals surface area (Å²) in [6.07, 6.45) is 4.83. The van der Waals surface area contributed by atoms with Crippen molar-refractivity contribution in [3.8, 4) is 0 Å². The van der Waals surface area contributed by atoms with Gasteiger partial charge in [0.05, 0.1) is 12.0 Å². The second kappa shape index (κ2) is 8.19. The average molecular weight is 319 g/mol. The molecule has 0 aromatic carbocycles. The largest absolute Gasteiger partial charge is 0.478 e. The Morgan fingerprint density at radius 3 is 2.96 bits per heavy atom. The van der Waals surface area contributed by atoms with Gasteiger partial charge in [-0.15, -0.1) is 0 Å². The third-order valence-corrected chi connectivity index (χ3v) is 3.83. The Hall–Kier alpha value is -1.77. The molecular formula is C15H22BN3O4. The van der Waals surface area contributed by atoms with E-state index < -0.39 is 19.1 Å². The predicted molar refractivity (Wildman–Crippen MR) is 85.2 cm³/mol. The van der Waals surface area contributed by atoms with Crippen molar-refractivity contribution in [3.63, 3.8) is 0 Å². The van der Waals surface area contributed by atoms with Crippen LogP contribution >= 0.6 is 0 Å². The Balaban J connectivity index is 1.82. The van der Waals surface area contributed by atoms with Crippen LogP contribution in [-0.2, 0) is 20.7 Å². The van der Waals surface area contributed by atoms with E-state index in [1.807, 2.05) is 6.07 Å². The number of carbonyl (C=O) groups is 2. The van der Waals surface area contributed by atoms with Crippen LogP contribution in [0.3, 0.4) is 0 Å². The quantitative estimate of drug-likeness (QED) is 0.616. The van der Waals surface area contributed by atoms with Crippen LogP contribution in [0.1, 0.15) is 31.7 Å². The third kappa shape index (κ3) is 5.42. The fraction of sp³-hybridized carbons (Fsp3) is 0.533. The van der Waals surface area contributed by atoms with Crippen LogP contribution in [0.5, 0.6) is 0 Å². The normalized spacial score (nSPS) is 22.5. The molecule has 1 aromatic rings. The molecule has 1 saturated heterocycles. The van der Waals surface area contributed by atoms with Gasteiger partial charge in [-0.1, -0.05) is 6.07 Å². The maximum absolute atomic E-state index is 12.1. The first-order chi connectivity index (χ1) is 11.0. The van der Waals surface area contributed by atoms with Crippen LogP contribution < -0.4 is 11.1 Å². The van der Waals surface area contributed by atoms with Crippen LogP contribution in [0, 0.1) is 0 Å². The number of rotatable bonds is 6. The summed E-state index contributed by atoms with van der Waals surface area (Å²) in [7, 11) is -1.12. The minimum absolute atomic E-state index is 0.0168. The lowest BCUT2D eigenvalue weighted by molar-refractivity contribution is -0.123. The molecule has 0 spiro atoms. The van der Waals surface area contributed by atoms with E-state index in [9.17, 15) is 14.6 Å². The zero-order valence-electron chi connectivity index (χ0n) is 13.1. The Morgan fingerprint density at radius 2 is 2.35 bits per heavy atom. The first-order valence-electron chi connectivity index (χ1n) is 7.73. The summed E-state index contributed by atoms with van der Waals surface area (Å²) in [4.78, 5) is 27.2. The van der Waals surface area contributed by atoms with Crippen molar-refractivity contribution in [1.82, 2.24) is 10.3 Å². The number of hydrogen-bond donors (Lipinski definition) is 3. The Bertz CT molecular complexity index is 543. The molecule has 1 aliphatic rings. The molecule has 2 rings (SSSR count). The lowest BCUT2D eigenvalue weighted by Gasteiger charge is -2.31. The molecule has 3 atom stereocenters. The van der Waals surface area contributed by atoms with Crippen molar-refractivity contribution >= 4 is 18.8 Å². The number of ketones is 1. The predicted octanol–water partition coefficient (Wildman–Crippen LogP) is -0.386. The summed E-state index contributed by atoms with van der Waals surface area (Å²) in [5.74, 6) is -0.833. The van der Waals surface area contributed by atoms with E-state index >= 15 is 0 Å². The highest BCUT2D eigenvalue weighted by Gasteiger charge is 2.36. The van der Waals surface area contributed by atoms with E-state index in [2.05, 4.69) is 10.3 Å². The smallest absolute Gasteiger partial charge is 0.426 e. The van der Waals surface area contributed by atoms with E-state index in [0.29, 0.717) is 19.3 Å². The van der Waals surface area contributed by atoms with Gasteiger partial charge >= 0.3 is 7.12 Å². The van der Waals surface area contributed by atoms with Crippen molar-refractivity contribution in [2.75, 3.05) is 0 Å². The van der Waals surface area contributed by atoms with Crippen LogP contribution in [0.25, 0.3) is 0 Å². The molecule has 0 saturated carbocycles. The number of aromatic nitrogens is 1. The van der Waals surface area contributed by atoms with Crippen molar-refractivity contribution in [1.29, 1.82) is 0 Å². The monoisotopic (exact) mass is 319 g/mol. The minimum atomic E-state index is -1.12. The van der Waals surface area contributed by atoms with Gasteiger partial charge in [0.15, 0.2) is 0 Å². The van der Waals surface area contributed by atoms with Crippen molar-refractivity contribution in [2.24, 2.45) is 5.73 Å². The molecule has 1 aliphatic heterocycles. The Morgan fingerprint density at radius 1 is 1.57 bits per heavy atom. The van der Waals surface area contributed by atoms with Gasteiger partial charge < -0.3 is 20.7 Å². The molecule has 7 nitrogen and oxygen atoms in total.